The zero-order valence-electron chi connectivity index (χ0n) is 17.7. The number of allylic oxidation sites excluding steroid dienone is 1. The number of ketones is 1. The molecule has 1 aliphatic carbocycles. The van der Waals surface area contributed by atoms with Gasteiger partial charge >= 0.3 is 6.18 Å². The average molecular weight is 458 g/mol. The number of rotatable bonds is 4. The molecule has 1 heterocycles. The minimum atomic E-state index is -4.56. The molecule has 0 radical (unpaired) electrons. The van der Waals surface area contributed by atoms with E-state index in [1.165, 1.54) is 12.1 Å². The largest absolute Gasteiger partial charge is 0.497 e. The third-order valence-corrected chi connectivity index (χ3v) is 5.90. The second kappa shape index (κ2) is 8.73. The maximum Gasteiger partial charge on any atom is 0.416 e. The molecule has 2 N–H and O–H groups in total. The summed E-state index contributed by atoms with van der Waals surface area (Å²) < 4.78 is 44.1. The maximum atomic E-state index is 13.0. The average Bonchev–Trinajstić information content (AvgIpc) is 2.77. The van der Waals surface area contributed by atoms with Crippen molar-refractivity contribution in [1.82, 2.24) is 5.32 Å². The molecule has 9 heteroatoms. The lowest BCUT2D eigenvalue weighted by Gasteiger charge is -2.33. The van der Waals surface area contributed by atoms with Gasteiger partial charge in [0, 0.05) is 29.8 Å². The number of anilines is 1. The van der Waals surface area contributed by atoms with Gasteiger partial charge in [0.1, 0.15) is 5.75 Å². The van der Waals surface area contributed by atoms with Crippen LogP contribution in [0.1, 0.15) is 36.3 Å². The van der Waals surface area contributed by atoms with E-state index in [0.29, 0.717) is 17.9 Å². The van der Waals surface area contributed by atoms with E-state index in [1.54, 1.807) is 19.2 Å². The minimum Gasteiger partial charge on any atom is -0.497 e. The number of amides is 2. The van der Waals surface area contributed by atoms with Gasteiger partial charge in [-0.3, -0.25) is 14.4 Å². The summed E-state index contributed by atoms with van der Waals surface area (Å²) in [5.74, 6) is -1.92. The molecule has 1 aliphatic heterocycles. The Labute approximate surface area is 187 Å². The molecule has 2 amide bonds. The highest BCUT2D eigenvalue weighted by Gasteiger charge is 2.41. The third-order valence-electron chi connectivity index (χ3n) is 5.90. The normalized spacial score (nSPS) is 20.7. The zero-order chi connectivity index (χ0) is 23.8. The van der Waals surface area contributed by atoms with Crippen LogP contribution in [0.2, 0.25) is 0 Å². The first kappa shape index (κ1) is 22.6. The number of carbonyl (C=O) groups excluding carboxylic acids is 3. The lowest BCUT2D eigenvalue weighted by molar-refractivity contribution is -0.137. The van der Waals surface area contributed by atoms with Crippen molar-refractivity contribution in [2.24, 2.45) is 5.92 Å². The smallest absolute Gasteiger partial charge is 0.416 e. The quantitative estimate of drug-likeness (QED) is 0.720. The lowest BCUT2D eigenvalue weighted by atomic mass is 9.75. The van der Waals surface area contributed by atoms with Crippen LogP contribution in [0.5, 0.6) is 5.75 Å². The number of halogens is 3. The Morgan fingerprint density at radius 1 is 1.06 bits per heavy atom. The Kier molecular flexibility index (Phi) is 5.97. The molecule has 2 aromatic carbocycles. The molecule has 172 valence electrons. The summed E-state index contributed by atoms with van der Waals surface area (Å²) in [6, 6.07) is 11.5. The number of nitrogens with one attached hydrogen (secondary N) is 2. The van der Waals surface area contributed by atoms with Crippen molar-refractivity contribution < 1.29 is 32.3 Å². The molecule has 33 heavy (non-hydrogen) atoms. The fourth-order valence-electron chi connectivity index (χ4n) is 4.30. The summed E-state index contributed by atoms with van der Waals surface area (Å²) in [6.45, 7) is 0. The van der Waals surface area contributed by atoms with Crippen LogP contribution in [0, 0.1) is 5.92 Å². The van der Waals surface area contributed by atoms with Gasteiger partial charge in [-0.25, -0.2) is 0 Å². The van der Waals surface area contributed by atoms with Crippen molar-refractivity contribution in [3.8, 4) is 5.75 Å². The van der Waals surface area contributed by atoms with Crippen LogP contribution in [0.4, 0.5) is 18.9 Å². The highest BCUT2D eigenvalue weighted by molar-refractivity contribution is 6.09. The van der Waals surface area contributed by atoms with Gasteiger partial charge < -0.3 is 15.4 Å². The number of benzene rings is 2. The molecule has 0 spiro atoms. The van der Waals surface area contributed by atoms with Crippen molar-refractivity contribution in [2.45, 2.75) is 31.4 Å². The van der Waals surface area contributed by atoms with Crippen molar-refractivity contribution >= 4 is 23.3 Å². The molecule has 0 saturated heterocycles. The van der Waals surface area contributed by atoms with Crippen molar-refractivity contribution in [2.75, 3.05) is 12.4 Å². The first-order valence-corrected chi connectivity index (χ1v) is 10.3. The molecule has 6 nitrogen and oxygen atoms in total. The van der Waals surface area contributed by atoms with Gasteiger partial charge in [0.05, 0.1) is 18.6 Å². The highest BCUT2D eigenvalue weighted by Crippen LogP contribution is 2.39. The molecule has 0 bridgehead atoms. The van der Waals surface area contributed by atoms with Gasteiger partial charge in [-0.05, 0) is 48.2 Å². The summed E-state index contributed by atoms with van der Waals surface area (Å²) in [5.41, 5.74) is 0.567. The summed E-state index contributed by atoms with van der Waals surface area (Å²) in [5, 5.41) is 5.15. The topological polar surface area (TPSA) is 84.5 Å². The second-order valence-electron chi connectivity index (χ2n) is 8.07. The molecule has 0 aromatic heterocycles. The zero-order valence-corrected chi connectivity index (χ0v) is 17.7. The monoisotopic (exact) mass is 458 g/mol. The molecule has 0 saturated carbocycles. The van der Waals surface area contributed by atoms with Crippen LogP contribution < -0.4 is 15.4 Å². The number of alkyl halides is 3. The summed E-state index contributed by atoms with van der Waals surface area (Å²) >= 11 is 0. The Balaban J connectivity index is 1.58. The van der Waals surface area contributed by atoms with Gasteiger partial charge in [0.2, 0.25) is 11.8 Å². The Bertz CT molecular complexity index is 1140. The minimum absolute atomic E-state index is 0.0534. The number of hydrogen-bond donors (Lipinski definition) is 2. The van der Waals surface area contributed by atoms with E-state index in [0.717, 1.165) is 17.7 Å². The molecular formula is C24H21F3N2O4. The van der Waals surface area contributed by atoms with Gasteiger partial charge in [0.25, 0.3) is 0 Å². The van der Waals surface area contributed by atoms with Crippen LogP contribution in [0.3, 0.4) is 0 Å². The van der Waals surface area contributed by atoms with Gasteiger partial charge in [-0.2, -0.15) is 13.2 Å². The van der Waals surface area contributed by atoms with Crippen molar-refractivity contribution in [3.63, 3.8) is 0 Å². The molecule has 2 aliphatic rings. The molecule has 0 unspecified atom stereocenters. The van der Waals surface area contributed by atoms with E-state index in [4.69, 9.17) is 4.74 Å². The number of methoxy groups -OCH3 is 1. The van der Waals surface area contributed by atoms with E-state index in [-0.39, 0.29) is 35.8 Å². The van der Waals surface area contributed by atoms with Crippen molar-refractivity contribution in [1.29, 1.82) is 0 Å². The van der Waals surface area contributed by atoms with Crippen LogP contribution in [0.25, 0.3) is 0 Å². The fraction of sp³-hybridized carbons (Fsp3) is 0.292. The SMILES string of the molecule is COc1ccc([C@H]2CC(=O)C3=C(C2)NC(=O)C[C@H]3C(=O)Nc2cccc(C(F)(F)F)c2)cc1. The summed E-state index contributed by atoms with van der Waals surface area (Å²) in [4.78, 5) is 38.3. The van der Waals surface area contributed by atoms with Crippen LogP contribution >= 0.6 is 0 Å². The number of Topliss-reactive ketones (excluding diaryl/α,β-unsaturated/α-hetero) is 1. The second-order valence-corrected chi connectivity index (χ2v) is 8.07. The first-order valence-electron chi connectivity index (χ1n) is 10.3. The van der Waals surface area contributed by atoms with Crippen LogP contribution in [-0.2, 0) is 20.6 Å². The highest BCUT2D eigenvalue weighted by atomic mass is 19.4. The van der Waals surface area contributed by atoms with E-state index in [1.807, 2.05) is 12.1 Å². The predicted octanol–water partition coefficient (Wildman–Crippen LogP) is 4.19. The number of hydrogen-bond acceptors (Lipinski definition) is 4. The summed E-state index contributed by atoms with van der Waals surface area (Å²) in [6.07, 6.45) is -4.28. The van der Waals surface area contributed by atoms with Gasteiger partial charge in [-0.1, -0.05) is 18.2 Å². The lowest BCUT2D eigenvalue weighted by Crippen LogP contribution is -2.43. The third kappa shape index (κ3) is 4.76. The van der Waals surface area contributed by atoms with Crippen molar-refractivity contribution in [3.05, 3.63) is 70.9 Å². The van der Waals surface area contributed by atoms with Crippen LogP contribution in [-0.4, -0.2) is 24.7 Å². The Morgan fingerprint density at radius 2 is 1.79 bits per heavy atom. The first-order chi connectivity index (χ1) is 15.7. The Hall–Kier alpha value is -3.62. The number of carbonyl (C=O) groups is 3. The van der Waals surface area contributed by atoms with Crippen LogP contribution in [0.15, 0.2) is 59.8 Å². The van der Waals surface area contributed by atoms with E-state index >= 15 is 0 Å². The molecule has 2 atom stereocenters. The number of ether oxygens (including phenoxy) is 1. The molecule has 4 rings (SSSR count). The molecule has 0 fully saturated rings. The fourth-order valence-corrected chi connectivity index (χ4v) is 4.30. The van der Waals surface area contributed by atoms with E-state index in [9.17, 15) is 27.6 Å². The summed E-state index contributed by atoms with van der Waals surface area (Å²) in [7, 11) is 1.55. The maximum absolute atomic E-state index is 13.0. The van der Waals surface area contributed by atoms with E-state index in [2.05, 4.69) is 10.6 Å². The Morgan fingerprint density at radius 3 is 2.45 bits per heavy atom. The standard InChI is InChI=1S/C24H21F3N2O4/c1-33-17-7-5-13(6-8-17)14-9-19-22(20(30)10-14)18(12-21(31)29-19)23(32)28-16-4-2-3-15(11-16)24(25,26)27/h2-8,11,14,18H,9-10,12H2,1H3,(H,28,32)(H,29,31)/t14-,18-/m1/s1. The molecular weight excluding hydrogens is 437 g/mol. The molecule has 2 aromatic rings. The van der Waals surface area contributed by atoms with Gasteiger partial charge in [-0.15, -0.1) is 0 Å². The predicted molar refractivity (Wildman–Crippen MR) is 113 cm³/mol. The van der Waals surface area contributed by atoms with Gasteiger partial charge in [0.15, 0.2) is 5.78 Å². The van der Waals surface area contributed by atoms with E-state index < -0.39 is 29.5 Å².